The van der Waals surface area contributed by atoms with Gasteiger partial charge in [-0.2, -0.15) is 0 Å². The van der Waals surface area contributed by atoms with Gasteiger partial charge in [-0.05, 0) is 31.1 Å². The van der Waals surface area contributed by atoms with Crippen LogP contribution in [0.5, 0.6) is 0 Å². The standard InChI is InChI=1S/C15H25NO2/c1-15(2)10-4-5-13(15)14(18)16(3)11-6-8-12(17)9-7-11/h11,13H,4-10H2,1-3H3. The Morgan fingerprint density at radius 2 is 1.83 bits per heavy atom. The molecular formula is C15H25NO2. The summed E-state index contributed by atoms with van der Waals surface area (Å²) >= 11 is 0. The van der Waals surface area contributed by atoms with Gasteiger partial charge in [0, 0.05) is 31.8 Å². The molecule has 0 heterocycles. The molecule has 0 N–H and O–H groups in total. The number of hydrogen-bond donors (Lipinski definition) is 0. The fraction of sp³-hybridized carbons (Fsp3) is 0.867. The van der Waals surface area contributed by atoms with E-state index in [0.29, 0.717) is 24.5 Å². The van der Waals surface area contributed by atoms with Gasteiger partial charge >= 0.3 is 0 Å². The van der Waals surface area contributed by atoms with Gasteiger partial charge in [0.2, 0.25) is 5.91 Å². The summed E-state index contributed by atoms with van der Waals surface area (Å²) in [6.45, 7) is 4.42. The summed E-state index contributed by atoms with van der Waals surface area (Å²) in [6, 6.07) is 0.284. The Kier molecular flexibility index (Phi) is 3.79. The number of rotatable bonds is 2. The molecule has 2 fully saturated rings. The maximum absolute atomic E-state index is 12.6. The molecule has 0 aliphatic heterocycles. The number of carbonyl (C=O) groups is 2. The zero-order valence-electron chi connectivity index (χ0n) is 11.9. The molecule has 0 saturated heterocycles. The van der Waals surface area contributed by atoms with Crippen LogP contribution in [0, 0.1) is 11.3 Å². The predicted molar refractivity (Wildman–Crippen MR) is 71.2 cm³/mol. The summed E-state index contributed by atoms with van der Waals surface area (Å²) in [7, 11) is 1.93. The lowest BCUT2D eigenvalue weighted by atomic mass is 9.80. The van der Waals surface area contributed by atoms with E-state index < -0.39 is 0 Å². The number of nitrogens with zero attached hydrogens (tertiary/aromatic N) is 1. The van der Waals surface area contributed by atoms with Crippen LogP contribution in [0.15, 0.2) is 0 Å². The van der Waals surface area contributed by atoms with E-state index in [0.717, 1.165) is 25.7 Å². The van der Waals surface area contributed by atoms with Crippen LogP contribution in [0.4, 0.5) is 0 Å². The van der Waals surface area contributed by atoms with Crippen LogP contribution in [0.3, 0.4) is 0 Å². The minimum Gasteiger partial charge on any atom is -0.342 e. The summed E-state index contributed by atoms with van der Waals surface area (Å²) in [4.78, 5) is 25.8. The lowest BCUT2D eigenvalue weighted by molar-refractivity contribution is -0.140. The van der Waals surface area contributed by atoms with Crippen LogP contribution in [-0.2, 0) is 9.59 Å². The SMILES string of the molecule is CN(C(=O)C1CCCC1(C)C)C1CCC(=O)CC1. The van der Waals surface area contributed by atoms with E-state index in [1.807, 2.05) is 11.9 Å². The van der Waals surface area contributed by atoms with Crippen LogP contribution in [0.2, 0.25) is 0 Å². The van der Waals surface area contributed by atoms with Crippen molar-refractivity contribution in [2.45, 2.75) is 64.8 Å². The molecule has 0 aromatic carbocycles. The molecule has 1 unspecified atom stereocenters. The predicted octanol–water partition coefficient (Wildman–Crippen LogP) is 2.78. The summed E-state index contributed by atoms with van der Waals surface area (Å²) in [5.74, 6) is 0.838. The highest BCUT2D eigenvalue weighted by Crippen LogP contribution is 2.43. The normalized spacial score (nSPS) is 28.4. The lowest BCUT2D eigenvalue weighted by Crippen LogP contribution is -2.44. The van der Waals surface area contributed by atoms with E-state index in [2.05, 4.69) is 13.8 Å². The highest BCUT2D eigenvalue weighted by molar-refractivity contribution is 5.82. The maximum atomic E-state index is 12.6. The minimum absolute atomic E-state index is 0.149. The summed E-state index contributed by atoms with van der Waals surface area (Å²) in [6.07, 6.45) is 6.36. The molecular weight excluding hydrogens is 226 g/mol. The van der Waals surface area contributed by atoms with Crippen molar-refractivity contribution in [1.29, 1.82) is 0 Å². The zero-order chi connectivity index (χ0) is 13.3. The second kappa shape index (κ2) is 5.02. The Labute approximate surface area is 110 Å². The quantitative estimate of drug-likeness (QED) is 0.756. The summed E-state index contributed by atoms with van der Waals surface area (Å²) in [5.41, 5.74) is 0.149. The zero-order valence-corrected chi connectivity index (χ0v) is 11.9. The van der Waals surface area contributed by atoms with Gasteiger partial charge in [0.1, 0.15) is 5.78 Å². The van der Waals surface area contributed by atoms with Crippen LogP contribution < -0.4 is 0 Å². The Hall–Kier alpha value is -0.860. The van der Waals surface area contributed by atoms with Crippen LogP contribution in [0.1, 0.15) is 58.8 Å². The third-order valence-corrected chi connectivity index (χ3v) is 4.96. The molecule has 0 bridgehead atoms. The molecule has 0 aromatic rings. The van der Waals surface area contributed by atoms with Crippen molar-refractivity contribution in [1.82, 2.24) is 4.90 Å². The number of hydrogen-bond acceptors (Lipinski definition) is 2. The Morgan fingerprint density at radius 3 is 2.33 bits per heavy atom. The van der Waals surface area contributed by atoms with Gasteiger partial charge in [0.25, 0.3) is 0 Å². The van der Waals surface area contributed by atoms with E-state index in [-0.39, 0.29) is 17.4 Å². The van der Waals surface area contributed by atoms with Crippen molar-refractivity contribution in [2.75, 3.05) is 7.05 Å². The largest absolute Gasteiger partial charge is 0.342 e. The van der Waals surface area contributed by atoms with E-state index in [4.69, 9.17) is 0 Å². The third-order valence-electron chi connectivity index (χ3n) is 4.96. The van der Waals surface area contributed by atoms with Gasteiger partial charge in [-0.25, -0.2) is 0 Å². The van der Waals surface area contributed by atoms with Gasteiger partial charge < -0.3 is 4.90 Å². The van der Waals surface area contributed by atoms with Gasteiger partial charge in [-0.15, -0.1) is 0 Å². The molecule has 0 aromatic heterocycles. The highest BCUT2D eigenvalue weighted by atomic mass is 16.2. The Balaban J connectivity index is 1.98. The second-order valence-electron chi connectivity index (χ2n) is 6.65. The van der Waals surface area contributed by atoms with Crippen molar-refractivity contribution >= 4 is 11.7 Å². The van der Waals surface area contributed by atoms with E-state index in [9.17, 15) is 9.59 Å². The van der Waals surface area contributed by atoms with Crippen LogP contribution >= 0.6 is 0 Å². The topological polar surface area (TPSA) is 37.4 Å². The molecule has 1 atom stereocenters. The Morgan fingerprint density at radius 1 is 1.22 bits per heavy atom. The fourth-order valence-corrected chi connectivity index (χ4v) is 3.52. The minimum atomic E-state index is 0.149. The molecule has 0 radical (unpaired) electrons. The molecule has 2 aliphatic carbocycles. The van der Waals surface area contributed by atoms with Crippen LogP contribution in [-0.4, -0.2) is 29.7 Å². The number of carbonyl (C=O) groups excluding carboxylic acids is 2. The first-order valence-electron chi connectivity index (χ1n) is 7.20. The van der Waals surface area contributed by atoms with Gasteiger partial charge in [0.05, 0.1) is 0 Å². The van der Waals surface area contributed by atoms with Crippen molar-refractivity contribution in [2.24, 2.45) is 11.3 Å². The van der Waals surface area contributed by atoms with Crippen molar-refractivity contribution < 1.29 is 9.59 Å². The summed E-state index contributed by atoms with van der Waals surface area (Å²) < 4.78 is 0. The number of Topliss-reactive ketones (excluding diaryl/α,β-unsaturated/α-hetero) is 1. The first kappa shape index (κ1) is 13.6. The second-order valence-corrected chi connectivity index (χ2v) is 6.65. The maximum Gasteiger partial charge on any atom is 0.226 e. The smallest absolute Gasteiger partial charge is 0.226 e. The van der Waals surface area contributed by atoms with E-state index in [1.165, 1.54) is 6.42 Å². The molecule has 2 aliphatic rings. The third kappa shape index (κ3) is 2.60. The first-order valence-corrected chi connectivity index (χ1v) is 7.20. The average Bonchev–Trinajstić information content (AvgIpc) is 2.68. The van der Waals surface area contributed by atoms with Gasteiger partial charge in [0.15, 0.2) is 0 Å². The van der Waals surface area contributed by atoms with Gasteiger partial charge in [-0.1, -0.05) is 20.3 Å². The molecule has 0 spiro atoms. The van der Waals surface area contributed by atoms with Crippen LogP contribution in [0.25, 0.3) is 0 Å². The fourth-order valence-electron chi connectivity index (χ4n) is 3.52. The van der Waals surface area contributed by atoms with Crippen molar-refractivity contribution in [3.63, 3.8) is 0 Å². The molecule has 3 nitrogen and oxygen atoms in total. The lowest BCUT2D eigenvalue weighted by Gasteiger charge is -2.36. The van der Waals surface area contributed by atoms with E-state index in [1.54, 1.807) is 0 Å². The van der Waals surface area contributed by atoms with Crippen molar-refractivity contribution in [3.05, 3.63) is 0 Å². The molecule has 102 valence electrons. The molecule has 2 saturated carbocycles. The molecule has 18 heavy (non-hydrogen) atoms. The first-order chi connectivity index (χ1) is 8.42. The number of ketones is 1. The molecule has 2 rings (SSSR count). The number of amides is 1. The molecule has 3 heteroatoms. The average molecular weight is 251 g/mol. The van der Waals surface area contributed by atoms with Crippen molar-refractivity contribution in [3.8, 4) is 0 Å². The van der Waals surface area contributed by atoms with E-state index >= 15 is 0 Å². The molecule has 1 amide bonds. The van der Waals surface area contributed by atoms with Gasteiger partial charge in [-0.3, -0.25) is 9.59 Å². The monoisotopic (exact) mass is 251 g/mol. The summed E-state index contributed by atoms with van der Waals surface area (Å²) in [5, 5.41) is 0. The highest BCUT2D eigenvalue weighted by Gasteiger charge is 2.41. The Bertz CT molecular complexity index is 338.